The van der Waals surface area contributed by atoms with Crippen LogP contribution in [-0.4, -0.2) is 64.7 Å². The number of carbonyl (C=O) groups excluding carboxylic acids is 1. The van der Waals surface area contributed by atoms with Crippen LogP contribution < -0.4 is 5.32 Å². The Hall–Kier alpha value is -2.83. The zero-order valence-electron chi connectivity index (χ0n) is 17.9. The van der Waals surface area contributed by atoms with E-state index in [0.717, 1.165) is 49.7 Å². The number of guanidine groups is 1. The first-order chi connectivity index (χ1) is 14.0. The second-order valence-corrected chi connectivity index (χ2v) is 7.45. The van der Waals surface area contributed by atoms with Crippen LogP contribution in [0.2, 0.25) is 0 Å². The summed E-state index contributed by atoms with van der Waals surface area (Å²) in [5, 5.41) is 7.75. The van der Waals surface area contributed by atoms with Crippen molar-refractivity contribution < 1.29 is 4.79 Å². The minimum atomic E-state index is 0.0869. The van der Waals surface area contributed by atoms with Gasteiger partial charge < -0.3 is 15.1 Å². The second kappa shape index (κ2) is 9.58. The highest BCUT2D eigenvalue weighted by atomic mass is 16.2. The quantitative estimate of drug-likeness (QED) is 0.602. The fraction of sp³-hybridized carbons (Fsp3) is 0.500. The first-order valence-corrected chi connectivity index (χ1v) is 10.4. The van der Waals surface area contributed by atoms with Crippen molar-refractivity contribution in [2.45, 2.75) is 32.7 Å². The highest BCUT2D eigenvalue weighted by Gasteiger charge is 2.26. The number of benzene rings is 1. The maximum atomic E-state index is 12.4. The Morgan fingerprint density at radius 1 is 1.28 bits per heavy atom. The zero-order valence-corrected chi connectivity index (χ0v) is 17.9. The normalized spacial score (nSPS) is 16.9. The van der Waals surface area contributed by atoms with E-state index in [1.807, 2.05) is 68.0 Å². The summed E-state index contributed by atoms with van der Waals surface area (Å²) in [5.41, 5.74) is 3.16. The van der Waals surface area contributed by atoms with Crippen LogP contribution in [-0.2, 0) is 13.6 Å². The molecular weight excluding hydrogens is 364 g/mol. The Balaban J connectivity index is 1.55. The van der Waals surface area contributed by atoms with Gasteiger partial charge in [-0.1, -0.05) is 12.1 Å². The lowest BCUT2D eigenvalue weighted by molar-refractivity contribution is 0.0773. The van der Waals surface area contributed by atoms with Crippen molar-refractivity contribution in [3.63, 3.8) is 0 Å². The summed E-state index contributed by atoms with van der Waals surface area (Å²) in [6.07, 6.45) is 5.17. The van der Waals surface area contributed by atoms with Gasteiger partial charge in [-0.2, -0.15) is 5.10 Å². The smallest absolute Gasteiger partial charge is 0.253 e. The van der Waals surface area contributed by atoms with Gasteiger partial charge in [-0.3, -0.25) is 14.5 Å². The minimum Gasteiger partial charge on any atom is -0.352 e. The molecule has 1 aromatic heterocycles. The number of hydrogen-bond acceptors (Lipinski definition) is 3. The summed E-state index contributed by atoms with van der Waals surface area (Å²) >= 11 is 0. The van der Waals surface area contributed by atoms with E-state index in [0.29, 0.717) is 12.5 Å². The van der Waals surface area contributed by atoms with E-state index >= 15 is 0 Å². The van der Waals surface area contributed by atoms with Crippen LogP contribution in [0, 0.1) is 0 Å². The molecule has 0 bridgehead atoms. The molecule has 0 saturated carbocycles. The maximum Gasteiger partial charge on any atom is 0.253 e. The van der Waals surface area contributed by atoms with E-state index in [4.69, 9.17) is 0 Å². The molecule has 29 heavy (non-hydrogen) atoms. The molecule has 1 N–H and O–H groups in total. The Morgan fingerprint density at radius 2 is 2.00 bits per heavy atom. The fourth-order valence-corrected chi connectivity index (χ4v) is 3.85. The number of nitrogens with one attached hydrogen (secondary N) is 1. The summed E-state index contributed by atoms with van der Waals surface area (Å²) in [6.45, 7) is 8.07. The molecule has 1 aliphatic rings. The molecule has 1 saturated heterocycles. The minimum absolute atomic E-state index is 0.0869. The van der Waals surface area contributed by atoms with E-state index in [1.54, 1.807) is 0 Å². The molecule has 7 nitrogen and oxygen atoms in total. The molecule has 1 unspecified atom stereocenters. The zero-order chi connectivity index (χ0) is 20.8. The van der Waals surface area contributed by atoms with E-state index in [2.05, 4.69) is 26.5 Å². The van der Waals surface area contributed by atoms with Gasteiger partial charge in [0.05, 0.1) is 6.20 Å². The topological polar surface area (TPSA) is 65.8 Å². The van der Waals surface area contributed by atoms with Crippen molar-refractivity contribution in [2.24, 2.45) is 12.0 Å². The molecule has 0 spiro atoms. The molecule has 0 radical (unpaired) electrons. The monoisotopic (exact) mass is 396 g/mol. The molecule has 3 rings (SSSR count). The second-order valence-electron chi connectivity index (χ2n) is 7.45. The lowest BCUT2D eigenvalue weighted by Crippen LogP contribution is -2.39. The van der Waals surface area contributed by atoms with Crippen LogP contribution in [0.4, 0.5) is 0 Å². The summed E-state index contributed by atoms with van der Waals surface area (Å²) < 4.78 is 1.86. The Labute approximate surface area is 173 Å². The van der Waals surface area contributed by atoms with Gasteiger partial charge in [0.25, 0.3) is 5.91 Å². The lowest BCUT2D eigenvalue weighted by atomic mass is 10.0. The number of amides is 1. The molecule has 1 aliphatic heterocycles. The molecule has 2 aromatic rings. The van der Waals surface area contributed by atoms with Gasteiger partial charge in [-0.05, 0) is 43.5 Å². The van der Waals surface area contributed by atoms with E-state index < -0.39 is 0 Å². The highest BCUT2D eigenvalue weighted by molar-refractivity contribution is 5.94. The molecule has 2 heterocycles. The number of rotatable bonds is 6. The molecule has 1 atom stereocenters. The Morgan fingerprint density at radius 3 is 2.59 bits per heavy atom. The first kappa shape index (κ1) is 20.9. The van der Waals surface area contributed by atoms with Crippen LogP contribution in [0.3, 0.4) is 0 Å². The Kier molecular flexibility index (Phi) is 6.90. The van der Waals surface area contributed by atoms with E-state index in [-0.39, 0.29) is 5.91 Å². The molecular formula is C22H32N6O. The van der Waals surface area contributed by atoms with Crippen molar-refractivity contribution in [3.8, 4) is 0 Å². The predicted octanol–water partition coefficient (Wildman–Crippen LogP) is 2.47. The van der Waals surface area contributed by atoms with Gasteiger partial charge in [0.2, 0.25) is 0 Å². The number of carbonyl (C=O) groups is 1. The molecule has 0 aliphatic carbocycles. The lowest BCUT2D eigenvalue weighted by Gasteiger charge is -2.22. The average Bonchev–Trinajstić information content (AvgIpc) is 3.39. The van der Waals surface area contributed by atoms with Crippen molar-refractivity contribution in [3.05, 3.63) is 53.3 Å². The summed E-state index contributed by atoms with van der Waals surface area (Å²) in [7, 11) is 3.78. The number of nitrogens with zero attached hydrogens (tertiary/aromatic N) is 5. The third-order valence-electron chi connectivity index (χ3n) is 5.60. The van der Waals surface area contributed by atoms with Gasteiger partial charge in [0.1, 0.15) is 0 Å². The van der Waals surface area contributed by atoms with Crippen LogP contribution in [0.25, 0.3) is 0 Å². The van der Waals surface area contributed by atoms with Gasteiger partial charge >= 0.3 is 0 Å². The van der Waals surface area contributed by atoms with Gasteiger partial charge in [0, 0.05) is 64.5 Å². The molecule has 1 amide bonds. The third kappa shape index (κ3) is 4.96. The SMILES string of the molecule is CCN(CC)C(=O)c1ccc(CNC(=NC)N2CCC(c3cnn(C)c3)C2)cc1. The fourth-order valence-electron chi connectivity index (χ4n) is 3.85. The van der Waals surface area contributed by atoms with Crippen molar-refractivity contribution in [1.82, 2.24) is 24.9 Å². The highest BCUT2D eigenvalue weighted by Crippen LogP contribution is 2.26. The summed E-state index contributed by atoms with van der Waals surface area (Å²) in [5.74, 6) is 1.50. The molecule has 1 fully saturated rings. The predicted molar refractivity (Wildman–Crippen MR) is 116 cm³/mol. The van der Waals surface area contributed by atoms with Crippen LogP contribution in [0.1, 0.15) is 47.7 Å². The van der Waals surface area contributed by atoms with Gasteiger partial charge in [-0.25, -0.2) is 0 Å². The molecule has 7 heteroatoms. The standard InChI is InChI=1S/C22H32N6O/c1-5-27(6-2)21(29)18-9-7-17(8-10-18)13-24-22(23-3)28-12-11-19(16-28)20-14-25-26(4)15-20/h7-10,14-15,19H,5-6,11-13,16H2,1-4H3,(H,23,24). The maximum absolute atomic E-state index is 12.4. The molecule has 156 valence electrons. The number of aryl methyl sites for hydroxylation is 1. The van der Waals surface area contributed by atoms with Crippen molar-refractivity contribution in [2.75, 3.05) is 33.2 Å². The van der Waals surface area contributed by atoms with Gasteiger partial charge in [-0.15, -0.1) is 0 Å². The Bertz CT molecular complexity index is 837. The molecule has 1 aromatic carbocycles. The van der Waals surface area contributed by atoms with Crippen LogP contribution in [0.15, 0.2) is 41.7 Å². The number of aromatic nitrogens is 2. The largest absolute Gasteiger partial charge is 0.352 e. The van der Waals surface area contributed by atoms with Crippen LogP contribution >= 0.6 is 0 Å². The van der Waals surface area contributed by atoms with Crippen LogP contribution in [0.5, 0.6) is 0 Å². The number of likely N-dealkylation sites (tertiary alicyclic amines) is 1. The summed E-state index contributed by atoms with van der Waals surface area (Å²) in [6, 6.07) is 7.85. The number of hydrogen-bond donors (Lipinski definition) is 1. The third-order valence-corrected chi connectivity index (χ3v) is 5.60. The first-order valence-electron chi connectivity index (χ1n) is 10.4. The summed E-state index contributed by atoms with van der Waals surface area (Å²) in [4.78, 5) is 21.0. The van der Waals surface area contributed by atoms with Gasteiger partial charge in [0.15, 0.2) is 5.96 Å². The van der Waals surface area contributed by atoms with Crippen molar-refractivity contribution >= 4 is 11.9 Å². The van der Waals surface area contributed by atoms with Crippen molar-refractivity contribution in [1.29, 1.82) is 0 Å². The van der Waals surface area contributed by atoms with E-state index in [9.17, 15) is 4.79 Å². The number of aliphatic imine (C=N–C) groups is 1. The van der Waals surface area contributed by atoms with E-state index in [1.165, 1.54) is 5.56 Å². The average molecular weight is 397 g/mol.